The Kier molecular flexibility index (Phi) is 5.38. The smallest absolute Gasteiger partial charge is 0.272 e. The number of nitrogens with zero attached hydrogens (tertiary/aromatic N) is 3. The summed E-state index contributed by atoms with van der Waals surface area (Å²) >= 11 is 0. The van der Waals surface area contributed by atoms with Crippen molar-refractivity contribution in [2.75, 3.05) is 20.2 Å². The zero-order valence-electron chi connectivity index (χ0n) is 17.3. The Labute approximate surface area is 171 Å². The molecule has 1 aromatic heterocycles. The molecule has 0 saturated carbocycles. The van der Waals surface area contributed by atoms with Gasteiger partial charge >= 0.3 is 0 Å². The molecule has 0 spiro atoms. The van der Waals surface area contributed by atoms with Crippen molar-refractivity contribution in [3.8, 4) is 22.7 Å². The van der Waals surface area contributed by atoms with Crippen LogP contribution in [-0.2, 0) is 0 Å². The molecule has 1 fully saturated rings. The molecular formula is C24H27N3O2. The Hall–Kier alpha value is -3.08. The second kappa shape index (κ2) is 8.11. The topological polar surface area (TPSA) is 47.4 Å². The van der Waals surface area contributed by atoms with E-state index in [1.807, 2.05) is 35.2 Å². The molecule has 5 nitrogen and oxygen atoms in total. The van der Waals surface area contributed by atoms with Gasteiger partial charge in [-0.15, -0.1) is 0 Å². The van der Waals surface area contributed by atoms with Crippen molar-refractivity contribution in [3.63, 3.8) is 0 Å². The summed E-state index contributed by atoms with van der Waals surface area (Å²) in [6.07, 6.45) is 3.31. The third kappa shape index (κ3) is 3.90. The van der Waals surface area contributed by atoms with Gasteiger partial charge in [0, 0.05) is 18.7 Å². The number of carbonyl (C=O) groups excluding carboxylic acids is 1. The van der Waals surface area contributed by atoms with Gasteiger partial charge in [-0.1, -0.05) is 12.1 Å². The third-order valence-corrected chi connectivity index (χ3v) is 5.69. The van der Waals surface area contributed by atoms with Crippen LogP contribution in [0.1, 0.15) is 40.9 Å². The molecule has 4 rings (SSSR count). The number of methoxy groups -OCH3 is 1. The minimum atomic E-state index is 0.0445. The number of benzene rings is 2. The maximum absolute atomic E-state index is 13.3. The molecule has 1 aliphatic heterocycles. The molecular weight excluding hydrogens is 362 g/mol. The van der Waals surface area contributed by atoms with Crippen LogP contribution in [0.25, 0.3) is 16.9 Å². The van der Waals surface area contributed by atoms with Gasteiger partial charge in [0.25, 0.3) is 5.91 Å². The SMILES string of the molecule is COc1ccc(-n2nc(-c3ccc(C)c(C)c3)cc2C(=O)N2CCCCC2)cc1. The largest absolute Gasteiger partial charge is 0.497 e. The Morgan fingerprint density at radius 3 is 2.31 bits per heavy atom. The predicted octanol–water partition coefficient (Wildman–Crippen LogP) is 4.79. The third-order valence-electron chi connectivity index (χ3n) is 5.69. The molecule has 29 heavy (non-hydrogen) atoms. The molecule has 5 heteroatoms. The zero-order valence-corrected chi connectivity index (χ0v) is 17.3. The average Bonchev–Trinajstić information content (AvgIpc) is 3.21. The van der Waals surface area contributed by atoms with E-state index >= 15 is 0 Å². The first-order valence-corrected chi connectivity index (χ1v) is 10.2. The summed E-state index contributed by atoms with van der Waals surface area (Å²) in [5.74, 6) is 0.822. The van der Waals surface area contributed by atoms with Crippen molar-refractivity contribution in [2.24, 2.45) is 0 Å². The normalized spacial score (nSPS) is 14.1. The first-order chi connectivity index (χ1) is 14.1. The molecule has 1 aliphatic rings. The lowest BCUT2D eigenvalue weighted by Gasteiger charge is -2.26. The Morgan fingerprint density at radius 2 is 1.66 bits per heavy atom. The van der Waals surface area contributed by atoms with E-state index in [9.17, 15) is 4.79 Å². The van der Waals surface area contributed by atoms with Crippen molar-refractivity contribution in [1.29, 1.82) is 0 Å². The number of aromatic nitrogens is 2. The van der Waals surface area contributed by atoms with E-state index in [0.717, 1.165) is 48.6 Å². The highest BCUT2D eigenvalue weighted by atomic mass is 16.5. The molecule has 0 unspecified atom stereocenters. The van der Waals surface area contributed by atoms with E-state index in [1.165, 1.54) is 17.5 Å². The summed E-state index contributed by atoms with van der Waals surface area (Å²) in [7, 11) is 1.64. The highest BCUT2D eigenvalue weighted by molar-refractivity contribution is 5.94. The molecule has 0 aliphatic carbocycles. The standard InChI is InChI=1S/C24H27N3O2/c1-17-7-8-19(15-18(17)2)22-16-23(24(28)26-13-5-4-6-14-26)27(25-22)20-9-11-21(29-3)12-10-20/h7-12,15-16H,4-6,13-14H2,1-3H3. The lowest BCUT2D eigenvalue weighted by molar-refractivity contribution is 0.0715. The van der Waals surface area contributed by atoms with Gasteiger partial charge in [0.15, 0.2) is 0 Å². The van der Waals surface area contributed by atoms with Crippen LogP contribution in [0.15, 0.2) is 48.5 Å². The Balaban J connectivity index is 1.78. The van der Waals surface area contributed by atoms with Crippen molar-refractivity contribution in [1.82, 2.24) is 14.7 Å². The van der Waals surface area contributed by atoms with Crippen LogP contribution in [-0.4, -0.2) is 40.8 Å². The van der Waals surface area contributed by atoms with E-state index in [1.54, 1.807) is 11.8 Å². The van der Waals surface area contributed by atoms with Gasteiger partial charge in [0.05, 0.1) is 18.5 Å². The van der Waals surface area contributed by atoms with Gasteiger partial charge in [-0.3, -0.25) is 4.79 Å². The fourth-order valence-corrected chi connectivity index (χ4v) is 3.75. The molecule has 2 aromatic carbocycles. The summed E-state index contributed by atoms with van der Waals surface area (Å²) in [5.41, 5.74) is 5.74. The fraction of sp³-hybridized carbons (Fsp3) is 0.333. The van der Waals surface area contributed by atoms with E-state index in [-0.39, 0.29) is 5.91 Å². The first kappa shape index (κ1) is 19.2. The van der Waals surface area contributed by atoms with Gasteiger partial charge in [-0.05, 0) is 80.6 Å². The number of hydrogen-bond donors (Lipinski definition) is 0. The van der Waals surface area contributed by atoms with Crippen LogP contribution in [0.3, 0.4) is 0 Å². The van der Waals surface area contributed by atoms with Crippen LogP contribution in [0.5, 0.6) is 5.75 Å². The summed E-state index contributed by atoms with van der Waals surface area (Å²) < 4.78 is 7.04. The van der Waals surface area contributed by atoms with Gasteiger partial charge in [0.1, 0.15) is 11.4 Å². The zero-order chi connectivity index (χ0) is 20.4. The van der Waals surface area contributed by atoms with Crippen LogP contribution in [0, 0.1) is 13.8 Å². The Bertz CT molecular complexity index is 1020. The number of aryl methyl sites for hydroxylation is 2. The van der Waals surface area contributed by atoms with E-state index in [4.69, 9.17) is 9.84 Å². The summed E-state index contributed by atoms with van der Waals surface area (Å²) in [6, 6.07) is 15.9. The van der Waals surface area contributed by atoms with E-state index < -0.39 is 0 Å². The summed E-state index contributed by atoms with van der Waals surface area (Å²) in [4.78, 5) is 15.3. The van der Waals surface area contributed by atoms with Crippen molar-refractivity contribution in [3.05, 3.63) is 65.4 Å². The molecule has 150 valence electrons. The van der Waals surface area contributed by atoms with Gasteiger partial charge in [-0.25, -0.2) is 4.68 Å². The lowest BCUT2D eigenvalue weighted by atomic mass is 10.0. The molecule has 1 amide bonds. The van der Waals surface area contributed by atoms with Crippen molar-refractivity contribution >= 4 is 5.91 Å². The monoisotopic (exact) mass is 389 g/mol. The van der Waals surface area contributed by atoms with E-state index in [0.29, 0.717) is 5.69 Å². The number of carbonyl (C=O) groups is 1. The number of hydrogen-bond acceptors (Lipinski definition) is 3. The quantitative estimate of drug-likeness (QED) is 0.644. The molecule has 2 heterocycles. The summed E-state index contributed by atoms with van der Waals surface area (Å²) in [5, 5.41) is 4.82. The molecule has 1 saturated heterocycles. The maximum Gasteiger partial charge on any atom is 0.272 e. The molecule has 0 N–H and O–H groups in total. The number of amides is 1. The van der Waals surface area contributed by atoms with E-state index in [2.05, 4.69) is 32.0 Å². The molecule has 3 aromatic rings. The van der Waals surface area contributed by atoms with Crippen LogP contribution in [0.2, 0.25) is 0 Å². The Morgan fingerprint density at radius 1 is 0.931 bits per heavy atom. The number of rotatable bonds is 4. The molecule has 0 bridgehead atoms. The number of ether oxygens (including phenoxy) is 1. The maximum atomic E-state index is 13.3. The van der Waals surface area contributed by atoms with Gasteiger partial charge in [0.2, 0.25) is 0 Å². The lowest BCUT2D eigenvalue weighted by Crippen LogP contribution is -2.36. The minimum absolute atomic E-state index is 0.0445. The molecule has 0 atom stereocenters. The second-order valence-electron chi connectivity index (χ2n) is 7.68. The van der Waals surface area contributed by atoms with Gasteiger partial charge < -0.3 is 9.64 Å². The van der Waals surface area contributed by atoms with Crippen molar-refractivity contribution < 1.29 is 9.53 Å². The van der Waals surface area contributed by atoms with Crippen molar-refractivity contribution in [2.45, 2.75) is 33.1 Å². The fourth-order valence-electron chi connectivity index (χ4n) is 3.75. The van der Waals surface area contributed by atoms with Crippen LogP contribution >= 0.6 is 0 Å². The highest BCUT2D eigenvalue weighted by Crippen LogP contribution is 2.26. The summed E-state index contributed by atoms with van der Waals surface area (Å²) in [6.45, 7) is 5.82. The van der Waals surface area contributed by atoms with Crippen LogP contribution in [0.4, 0.5) is 0 Å². The van der Waals surface area contributed by atoms with Crippen LogP contribution < -0.4 is 4.74 Å². The average molecular weight is 389 g/mol. The van der Waals surface area contributed by atoms with Gasteiger partial charge in [-0.2, -0.15) is 5.10 Å². The molecule has 0 radical (unpaired) electrons. The number of piperidine rings is 1. The highest BCUT2D eigenvalue weighted by Gasteiger charge is 2.24. The number of likely N-dealkylation sites (tertiary alicyclic amines) is 1. The first-order valence-electron chi connectivity index (χ1n) is 10.2. The minimum Gasteiger partial charge on any atom is -0.497 e. The second-order valence-corrected chi connectivity index (χ2v) is 7.68. The predicted molar refractivity (Wildman–Crippen MR) is 115 cm³/mol.